The lowest BCUT2D eigenvalue weighted by molar-refractivity contribution is 0.540. The van der Waals surface area contributed by atoms with Gasteiger partial charge in [0.1, 0.15) is 0 Å². The summed E-state index contributed by atoms with van der Waals surface area (Å²) in [4.78, 5) is 0. The molecule has 0 saturated heterocycles. The Hall–Kier alpha value is -2.20. The first-order valence-electron chi connectivity index (χ1n) is 7.25. The lowest BCUT2D eigenvalue weighted by Gasteiger charge is -2.14. The Bertz CT molecular complexity index is 760. The van der Waals surface area contributed by atoms with E-state index in [2.05, 4.69) is 54.5 Å². The molecule has 0 aliphatic carbocycles. The molecule has 0 saturated carbocycles. The number of benzene rings is 1. The zero-order valence-corrected chi connectivity index (χ0v) is 12.7. The summed E-state index contributed by atoms with van der Waals surface area (Å²) in [5, 5.41) is 12.0. The molecule has 1 unspecified atom stereocenters. The maximum Gasteiger partial charge on any atom is 0.160 e. The third-order valence-corrected chi connectivity index (χ3v) is 4.04. The molecule has 0 aliphatic rings. The number of hydrogen-bond donors (Lipinski definition) is 1. The van der Waals surface area contributed by atoms with Crippen LogP contribution < -0.4 is 5.32 Å². The highest BCUT2D eigenvalue weighted by molar-refractivity contribution is 5.37. The fourth-order valence-electron chi connectivity index (χ4n) is 2.51. The molecule has 0 bridgehead atoms. The summed E-state index contributed by atoms with van der Waals surface area (Å²) in [5.41, 5.74) is 4.89. The van der Waals surface area contributed by atoms with E-state index in [0.29, 0.717) is 0 Å². The van der Waals surface area contributed by atoms with Crippen molar-refractivity contribution in [3.05, 3.63) is 65.1 Å². The van der Waals surface area contributed by atoms with Crippen LogP contribution in [0.3, 0.4) is 0 Å². The van der Waals surface area contributed by atoms with E-state index in [1.54, 1.807) is 0 Å². The number of nitrogens with one attached hydrogen (secondary N) is 1. The van der Waals surface area contributed by atoms with Gasteiger partial charge in [-0.25, -0.2) is 0 Å². The van der Waals surface area contributed by atoms with Crippen molar-refractivity contribution in [1.82, 2.24) is 19.9 Å². The average Bonchev–Trinajstić information content (AvgIpc) is 2.92. The Morgan fingerprint density at radius 2 is 1.95 bits per heavy atom. The van der Waals surface area contributed by atoms with Gasteiger partial charge in [0.15, 0.2) is 11.5 Å². The van der Waals surface area contributed by atoms with E-state index in [1.807, 2.05) is 28.8 Å². The first-order chi connectivity index (χ1) is 10.2. The van der Waals surface area contributed by atoms with Crippen LogP contribution in [0.15, 0.2) is 42.6 Å². The Kier molecular flexibility index (Phi) is 3.71. The Labute approximate surface area is 124 Å². The maximum atomic E-state index is 4.30. The number of hydrogen-bond acceptors (Lipinski definition) is 3. The summed E-state index contributed by atoms with van der Waals surface area (Å²) < 4.78 is 2.03. The van der Waals surface area contributed by atoms with Crippen molar-refractivity contribution < 1.29 is 0 Å². The van der Waals surface area contributed by atoms with Crippen LogP contribution in [0.5, 0.6) is 0 Å². The van der Waals surface area contributed by atoms with Gasteiger partial charge in [-0.1, -0.05) is 24.3 Å². The molecule has 2 heterocycles. The van der Waals surface area contributed by atoms with E-state index in [4.69, 9.17) is 0 Å². The van der Waals surface area contributed by atoms with Crippen LogP contribution >= 0.6 is 0 Å². The first-order valence-corrected chi connectivity index (χ1v) is 7.25. The number of aromatic nitrogens is 3. The van der Waals surface area contributed by atoms with Crippen molar-refractivity contribution in [2.45, 2.75) is 33.4 Å². The zero-order valence-electron chi connectivity index (χ0n) is 12.7. The van der Waals surface area contributed by atoms with Gasteiger partial charge in [0.25, 0.3) is 0 Å². The lowest BCUT2D eigenvalue weighted by atomic mass is 10.0. The van der Waals surface area contributed by atoms with Gasteiger partial charge >= 0.3 is 0 Å². The number of nitrogens with zero attached hydrogens (tertiary/aromatic N) is 3. The maximum absolute atomic E-state index is 4.30. The number of fused-ring (bicyclic) bond motifs is 1. The molecule has 1 N–H and O–H groups in total. The molecule has 0 aliphatic heterocycles. The van der Waals surface area contributed by atoms with Crippen LogP contribution in [0.1, 0.15) is 35.5 Å². The predicted octanol–water partition coefficient (Wildman–Crippen LogP) is 3.20. The van der Waals surface area contributed by atoms with Gasteiger partial charge in [-0.2, -0.15) is 0 Å². The van der Waals surface area contributed by atoms with E-state index >= 15 is 0 Å². The summed E-state index contributed by atoms with van der Waals surface area (Å²) in [6.45, 7) is 7.27. The molecular formula is C17H20N4. The molecule has 0 radical (unpaired) electrons. The quantitative estimate of drug-likeness (QED) is 0.798. The zero-order chi connectivity index (χ0) is 14.8. The minimum Gasteiger partial charge on any atom is -0.303 e. The van der Waals surface area contributed by atoms with Crippen molar-refractivity contribution in [3.8, 4) is 0 Å². The highest BCUT2D eigenvalue weighted by Crippen LogP contribution is 2.16. The van der Waals surface area contributed by atoms with Crippen molar-refractivity contribution >= 4 is 5.65 Å². The third kappa shape index (κ3) is 2.67. The van der Waals surface area contributed by atoms with Gasteiger partial charge in [-0.05, 0) is 49.6 Å². The summed E-state index contributed by atoms with van der Waals surface area (Å²) in [5.74, 6) is 0.941. The number of aryl methyl sites for hydroxylation is 1. The molecule has 3 rings (SSSR count). The standard InChI is InChI=1S/C17H20N4/c1-12-7-6-8-15(13(12)2)11-18-14(3)17-20-19-16-9-4-5-10-21(16)17/h4-10,14,18H,11H2,1-3H3. The topological polar surface area (TPSA) is 42.2 Å². The molecule has 21 heavy (non-hydrogen) atoms. The Morgan fingerprint density at radius 3 is 2.81 bits per heavy atom. The molecule has 1 atom stereocenters. The van der Waals surface area contributed by atoms with Crippen LogP contribution in [-0.2, 0) is 6.54 Å². The summed E-state index contributed by atoms with van der Waals surface area (Å²) >= 11 is 0. The van der Waals surface area contributed by atoms with Gasteiger partial charge in [-0.15, -0.1) is 10.2 Å². The fraction of sp³-hybridized carbons (Fsp3) is 0.294. The lowest BCUT2D eigenvalue weighted by Crippen LogP contribution is -2.21. The minimum atomic E-state index is 0.141. The van der Waals surface area contributed by atoms with Crippen LogP contribution in [0.2, 0.25) is 0 Å². The van der Waals surface area contributed by atoms with Crippen molar-refractivity contribution in [3.63, 3.8) is 0 Å². The van der Waals surface area contributed by atoms with Crippen molar-refractivity contribution in [2.75, 3.05) is 0 Å². The van der Waals surface area contributed by atoms with E-state index in [-0.39, 0.29) is 6.04 Å². The van der Waals surface area contributed by atoms with Crippen LogP contribution in [0.25, 0.3) is 5.65 Å². The SMILES string of the molecule is Cc1cccc(CNC(C)c2nnc3ccccn23)c1C. The summed E-state index contributed by atoms with van der Waals surface area (Å²) in [6, 6.07) is 12.5. The first kappa shape index (κ1) is 13.8. The second-order valence-electron chi connectivity index (χ2n) is 5.45. The van der Waals surface area contributed by atoms with E-state index in [1.165, 1.54) is 16.7 Å². The molecular weight excluding hydrogens is 260 g/mol. The molecule has 0 amide bonds. The van der Waals surface area contributed by atoms with Gasteiger partial charge in [0.05, 0.1) is 6.04 Å². The molecule has 3 aromatic rings. The van der Waals surface area contributed by atoms with Gasteiger partial charge < -0.3 is 5.32 Å². The van der Waals surface area contributed by atoms with Crippen molar-refractivity contribution in [1.29, 1.82) is 0 Å². The smallest absolute Gasteiger partial charge is 0.160 e. The molecule has 0 fully saturated rings. The van der Waals surface area contributed by atoms with Crippen molar-refractivity contribution in [2.24, 2.45) is 0 Å². The van der Waals surface area contributed by atoms with E-state index < -0.39 is 0 Å². The van der Waals surface area contributed by atoms with Crippen LogP contribution in [0, 0.1) is 13.8 Å². The molecule has 108 valence electrons. The van der Waals surface area contributed by atoms with Crippen LogP contribution in [-0.4, -0.2) is 14.6 Å². The van der Waals surface area contributed by atoms with Gasteiger partial charge in [0.2, 0.25) is 0 Å². The van der Waals surface area contributed by atoms with Gasteiger partial charge in [0, 0.05) is 12.7 Å². The summed E-state index contributed by atoms with van der Waals surface area (Å²) in [6.07, 6.45) is 2.00. The second kappa shape index (κ2) is 5.66. The van der Waals surface area contributed by atoms with Crippen LogP contribution in [0.4, 0.5) is 0 Å². The van der Waals surface area contributed by atoms with Gasteiger partial charge in [-0.3, -0.25) is 4.40 Å². The molecule has 2 aromatic heterocycles. The molecule has 1 aromatic carbocycles. The summed E-state index contributed by atoms with van der Waals surface area (Å²) in [7, 11) is 0. The third-order valence-electron chi connectivity index (χ3n) is 4.04. The highest BCUT2D eigenvalue weighted by atomic mass is 15.3. The monoisotopic (exact) mass is 280 g/mol. The fourth-order valence-corrected chi connectivity index (χ4v) is 2.51. The molecule has 4 nitrogen and oxygen atoms in total. The Balaban J connectivity index is 1.77. The highest BCUT2D eigenvalue weighted by Gasteiger charge is 2.13. The predicted molar refractivity (Wildman–Crippen MR) is 84.2 cm³/mol. The number of rotatable bonds is 4. The van der Waals surface area contributed by atoms with E-state index in [9.17, 15) is 0 Å². The second-order valence-corrected chi connectivity index (χ2v) is 5.45. The van der Waals surface area contributed by atoms with E-state index in [0.717, 1.165) is 18.0 Å². The Morgan fingerprint density at radius 1 is 1.10 bits per heavy atom. The molecule has 4 heteroatoms. The average molecular weight is 280 g/mol. The molecule has 0 spiro atoms. The number of pyridine rings is 1. The minimum absolute atomic E-state index is 0.141. The normalized spacial score (nSPS) is 12.7. The largest absolute Gasteiger partial charge is 0.303 e.